The van der Waals surface area contributed by atoms with Gasteiger partial charge in [0.2, 0.25) is 5.89 Å². The van der Waals surface area contributed by atoms with E-state index in [4.69, 9.17) is 4.42 Å². The molecule has 0 saturated heterocycles. The van der Waals surface area contributed by atoms with Gasteiger partial charge in [0.15, 0.2) is 0 Å². The lowest BCUT2D eigenvalue weighted by molar-refractivity contribution is 0.456. The highest BCUT2D eigenvalue weighted by Crippen LogP contribution is 2.20. The van der Waals surface area contributed by atoms with E-state index >= 15 is 0 Å². The maximum absolute atomic E-state index is 13.6. The van der Waals surface area contributed by atoms with Gasteiger partial charge in [0.25, 0.3) is 0 Å². The van der Waals surface area contributed by atoms with Crippen molar-refractivity contribution in [2.45, 2.75) is 46.3 Å². The number of aryl methyl sites for hydroxylation is 1. The molecule has 0 saturated carbocycles. The average molecular weight is 292 g/mol. The smallest absolute Gasteiger partial charge is 0.315 e. The van der Waals surface area contributed by atoms with Crippen LogP contribution in [0.4, 0.5) is 10.4 Å². The van der Waals surface area contributed by atoms with Gasteiger partial charge in [-0.1, -0.05) is 31.1 Å². The van der Waals surface area contributed by atoms with E-state index in [1.165, 1.54) is 6.07 Å². The summed E-state index contributed by atoms with van der Waals surface area (Å²) < 4.78 is 19.1. The van der Waals surface area contributed by atoms with Crippen LogP contribution in [-0.4, -0.2) is 16.2 Å². The van der Waals surface area contributed by atoms with E-state index in [1.807, 2.05) is 26.8 Å². The molecule has 0 spiro atoms. The monoisotopic (exact) mass is 292 g/mol. The zero-order valence-corrected chi connectivity index (χ0v) is 12.8. The number of nitrogens with one attached hydrogen (secondary N) is 2. The quantitative estimate of drug-likeness (QED) is 0.856. The van der Waals surface area contributed by atoms with E-state index in [-0.39, 0.29) is 11.9 Å². The summed E-state index contributed by atoms with van der Waals surface area (Å²) in [7, 11) is 0. The van der Waals surface area contributed by atoms with Gasteiger partial charge in [-0.3, -0.25) is 0 Å². The molecule has 0 aliphatic rings. The molecule has 1 heterocycles. The average Bonchev–Trinajstić information content (AvgIpc) is 2.87. The molecule has 2 rings (SSSR count). The summed E-state index contributed by atoms with van der Waals surface area (Å²) in [5, 5.41) is 14.2. The molecule has 6 heteroatoms. The summed E-state index contributed by atoms with van der Waals surface area (Å²) in [6.07, 6.45) is 0. The van der Waals surface area contributed by atoms with Crippen molar-refractivity contribution >= 4 is 6.01 Å². The maximum Gasteiger partial charge on any atom is 0.315 e. The summed E-state index contributed by atoms with van der Waals surface area (Å²) in [4.78, 5) is 0. The molecule has 0 bridgehead atoms. The predicted molar refractivity (Wildman–Crippen MR) is 79.4 cm³/mol. The molecule has 1 unspecified atom stereocenters. The van der Waals surface area contributed by atoms with Crippen LogP contribution in [0, 0.1) is 12.7 Å². The van der Waals surface area contributed by atoms with Gasteiger partial charge in [-0.2, -0.15) is 0 Å². The number of halogens is 1. The lowest BCUT2D eigenvalue weighted by Crippen LogP contribution is -2.21. The number of aromatic nitrogens is 2. The van der Waals surface area contributed by atoms with E-state index in [0.717, 1.165) is 5.56 Å². The fourth-order valence-electron chi connectivity index (χ4n) is 1.82. The first-order chi connectivity index (χ1) is 9.95. The Balaban J connectivity index is 1.99. The largest absolute Gasteiger partial charge is 0.407 e. The molecule has 2 N–H and O–H groups in total. The Morgan fingerprint density at radius 3 is 2.67 bits per heavy atom. The molecule has 0 aliphatic heterocycles. The van der Waals surface area contributed by atoms with Crippen LogP contribution in [-0.2, 0) is 6.54 Å². The lowest BCUT2D eigenvalue weighted by Gasteiger charge is -2.12. The van der Waals surface area contributed by atoms with Gasteiger partial charge in [-0.05, 0) is 31.0 Å². The van der Waals surface area contributed by atoms with Crippen molar-refractivity contribution in [3.05, 3.63) is 41.0 Å². The number of hydrogen-bond donors (Lipinski definition) is 2. The van der Waals surface area contributed by atoms with Crippen molar-refractivity contribution in [1.82, 2.24) is 15.5 Å². The standard InChI is InChI=1S/C15H21FN4O/c1-9(2)17-8-14-19-20-15(21-14)18-11(4)12-6-5-10(3)13(16)7-12/h5-7,9,11,17H,8H2,1-4H3,(H,18,20). The fraction of sp³-hybridized carbons (Fsp3) is 0.467. The van der Waals surface area contributed by atoms with Crippen LogP contribution in [0.25, 0.3) is 0 Å². The minimum Gasteiger partial charge on any atom is -0.407 e. The Hall–Kier alpha value is -1.95. The van der Waals surface area contributed by atoms with Crippen molar-refractivity contribution in [1.29, 1.82) is 0 Å². The normalized spacial score (nSPS) is 12.7. The van der Waals surface area contributed by atoms with Gasteiger partial charge in [0.1, 0.15) is 5.82 Å². The SMILES string of the molecule is Cc1ccc(C(C)Nc2nnc(CNC(C)C)o2)cc1F. The highest BCUT2D eigenvalue weighted by Gasteiger charge is 2.12. The summed E-state index contributed by atoms with van der Waals surface area (Å²) >= 11 is 0. The van der Waals surface area contributed by atoms with Crippen LogP contribution >= 0.6 is 0 Å². The first-order valence-electron chi connectivity index (χ1n) is 7.04. The predicted octanol–water partition coefficient (Wildman–Crippen LogP) is 3.19. The number of anilines is 1. The lowest BCUT2D eigenvalue weighted by atomic mass is 10.1. The number of benzene rings is 1. The first-order valence-corrected chi connectivity index (χ1v) is 7.04. The van der Waals surface area contributed by atoms with Crippen LogP contribution < -0.4 is 10.6 Å². The number of hydrogen-bond acceptors (Lipinski definition) is 5. The van der Waals surface area contributed by atoms with Crippen molar-refractivity contribution in [3.63, 3.8) is 0 Å². The van der Waals surface area contributed by atoms with Gasteiger partial charge < -0.3 is 15.1 Å². The molecule has 0 aliphatic carbocycles. The summed E-state index contributed by atoms with van der Waals surface area (Å²) in [6.45, 7) is 8.27. The van der Waals surface area contributed by atoms with Crippen LogP contribution in [0.3, 0.4) is 0 Å². The molecule has 21 heavy (non-hydrogen) atoms. The summed E-state index contributed by atoms with van der Waals surface area (Å²) in [5.41, 5.74) is 1.46. The van der Waals surface area contributed by atoms with E-state index in [0.29, 0.717) is 30.1 Å². The second-order valence-electron chi connectivity index (χ2n) is 5.41. The molecular weight excluding hydrogens is 271 g/mol. The van der Waals surface area contributed by atoms with Gasteiger partial charge in [0, 0.05) is 6.04 Å². The maximum atomic E-state index is 13.6. The Morgan fingerprint density at radius 1 is 1.24 bits per heavy atom. The molecule has 114 valence electrons. The highest BCUT2D eigenvalue weighted by molar-refractivity contribution is 5.31. The minimum atomic E-state index is -0.214. The molecule has 1 aromatic carbocycles. The number of rotatable bonds is 6. The second kappa shape index (κ2) is 6.67. The van der Waals surface area contributed by atoms with E-state index < -0.39 is 0 Å². The van der Waals surface area contributed by atoms with Crippen LogP contribution in [0.15, 0.2) is 22.6 Å². The summed E-state index contributed by atoms with van der Waals surface area (Å²) in [6, 6.07) is 5.73. The first kappa shape index (κ1) is 15.4. The fourth-order valence-corrected chi connectivity index (χ4v) is 1.82. The van der Waals surface area contributed by atoms with Crippen LogP contribution in [0.1, 0.15) is 43.8 Å². The third kappa shape index (κ3) is 4.26. The van der Waals surface area contributed by atoms with Crippen LogP contribution in [0.5, 0.6) is 0 Å². The Bertz CT molecular complexity index is 597. The molecule has 1 atom stereocenters. The third-order valence-electron chi connectivity index (χ3n) is 3.16. The molecule has 5 nitrogen and oxygen atoms in total. The van der Waals surface area contributed by atoms with Crippen LogP contribution in [0.2, 0.25) is 0 Å². The summed E-state index contributed by atoms with van der Waals surface area (Å²) in [5.74, 6) is 0.307. The number of nitrogens with zero attached hydrogens (tertiary/aromatic N) is 2. The zero-order valence-electron chi connectivity index (χ0n) is 12.8. The van der Waals surface area contributed by atoms with Crippen molar-refractivity contribution < 1.29 is 8.81 Å². The molecular formula is C15H21FN4O. The Kier molecular flexibility index (Phi) is 4.90. The molecule has 0 amide bonds. The topological polar surface area (TPSA) is 63.0 Å². The van der Waals surface area contributed by atoms with E-state index in [1.54, 1.807) is 13.0 Å². The molecule has 0 fully saturated rings. The van der Waals surface area contributed by atoms with Crippen molar-refractivity contribution in [2.24, 2.45) is 0 Å². The minimum absolute atomic E-state index is 0.119. The third-order valence-corrected chi connectivity index (χ3v) is 3.16. The van der Waals surface area contributed by atoms with Gasteiger partial charge in [0.05, 0.1) is 12.6 Å². The van der Waals surface area contributed by atoms with Gasteiger partial charge in [-0.15, -0.1) is 5.10 Å². The molecule has 1 aromatic heterocycles. The Morgan fingerprint density at radius 2 is 2.00 bits per heavy atom. The second-order valence-corrected chi connectivity index (χ2v) is 5.41. The van der Waals surface area contributed by atoms with E-state index in [9.17, 15) is 4.39 Å². The highest BCUT2D eigenvalue weighted by atomic mass is 19.1. The van der Waals surface area contributed by atoms with Gasteiger partial charge >= 0.3 is 6.01 Å². The van der Waals surface area contributed by atoms with Crippen molar-refractivity contribution in [3.8, 4) is 0 Å². The zero-order chi connectivity index (χ0) is 15.4. The Labute approximate surface area is 124 Å². The molecule has 2 aromatic rings. The molecule has 0 radical (unpaired) electrons. The van der Waals surface area contributed by atoms with Gasteiger partial charge in [-0.25, -0.2) is 4.39 Å². The van der Waals surface area contributed by atoms with E-state index in [2.05, 4.69) is 20.8 Å². The van der Waals surface area contributed by atoms with Crippen molar-refractivity contribution in [2.75, 3.05) is 5.32 Å².